The number of hydrogen-bond acceptors (Lipinski definition) is 3. The number of aryl methyl sites for hydroxylation is 1. The zero-order chi connectivity index (χ0) is 24.4. The van der Waals surface area contributed by atoms with E-state index in [1.807, 2.05) is 30.0 Å². The Hall–Kier alpha value is -3.21. The number of pyridine rings is 1. The number of hydrogen-bond donors (Lipinski definition) is 0. The van der Waals surface area contributed by atoms with E-state index in [0.29, 0.717) is 5.03 Å². The van der Waals surface area contributed by atoms with Crippen LogP contribution in [0, 0.1) is 0 Å². The van der Waals surface area contributed by atoms with E-state index in [-0.39, 0.29) is 0 Å². The quantitative estimate of drug-likeness (QED) is 0.198. The number of halogens is 1. The van der Waals surface area contributed by atoms with Gasteiger partial charge in [-0.1, -0.05) is 59.8 Å². The van der Waals surface area contributed by atoms with Gasteiger partial charge in [0, 0.05) is 22.5 Å². The molecule has 5 heteroatoms. The third kappa shape index (κ3) is 4.56. The minimum atomic E-state index is 0.684. The molecule has 1 aliphatic heterocycles. The maximum Gasteiger partial charge on any atom is 0.216 e. The first kappa shape index (κ1) is 23.5. The minimum Gasteiger partial charge on any atom is -0.497 e. The number of thioether (sulfide) groups is 1. The van der Waals surface area contributed by atoms with Gasteiger partial charge in [-0.15, -0.1) is 0 Å². The van der Waals surface area contributed by atoms with Gasteiger partial charge in [0.05, 0.1) is 29.3 Å². The zero-order valence-electron chi connectivity index (χ0n) is 20.2. The summed E-state index contributed by atoms with van der Waals surface area (Å²) < 4.78 is 7.65. The molecule has 0 saturated heterocycles. The molecule has 1 aliphatic rings. The highest BCUT2D eigenvalue weighted by atomic mass is 35.5. The van der Waals surface area contributed by atoms with E-state index < -0.39 is 0 Å². The minimum absolute atomic E-state index is 0.684. The van der Waals surface area contributed by atoms with E-state index >= 15 is 0 Å². The largest absolute Gasteiger partial charge is 0.497 e. The van der Waals surface area contributed by atoms with Crippen LogP contribution < -0.4 is 14.2 Å². The van der Waals surface area contributed by atoms with E-state index in [4.69, 9.17) is 16.3 Å². The van der Waals surface area contributed by atoms with E-state index in [0.717, 1.165) is 29.9 Å². The number of anilines is 1. The fourth-order valence-corrected chi connectivity index (χ4v) is 5.92. The Kier molecular flexibility index (Phi) is 6.85. The summed E-state index contributed by atoms with van der Waals surface area (Å²) >= 11 is 8.45. The average molecular weight is 500 g/mol. The molecule has 0 saturated carbocycles. The van der Waals surface area contributed by atoms with Crippen molar-refractivity contribution in [1.29, 1.82) is 0 Å². The van der Waals surface area contributed by atoms with E-state index in [1.165, 1.54) is 31.8 Å². The van der Waals surface area contributed by atoms with Gasteiger partial charge in [0.1, 0.15) is 12.3 Å². The van der Waals surface area contributed by atoms with E-state index in [2.05, 4.69) is 96.3 Å². The third-order valence-electron chi connectivity index (χ3n) is 6.35. The van der Waals surface area contributed by atoms with Crippen LogP contribution in [-0.4, -0.2) is 13.7 Å². The van der Waals surface area contributed by atoms with Crippen LogP contribution in [0.4, 0.5) is 5.69 Å². The summed E-state index contributed by atoms with van der Waals surface area (Å²) in [6, 6.07) is 21.3. The first-order valence-corrected chi connectivity index (χ1v) is 13.0. The Morgan fingerprint density at radius 1 is 1.06 bits per heavy atom. The number of rotatable bonds is 6. The maximum atomic E-state index is 6.64. The number of methoxy groups -OCH3 is 1. The number of aromatic nitrogens is 1. The Morgan fingerprint density at radius 3 is 2.71 bits per heavy atom. The molecular formula is C30H28ClN2OS+. The van der Waals surface area contributed by atoms with Gasteiger partial charge in [0.2, 0.25) is 5.52 Å². The molecule has 5 rings (SSSR count). The molecule has 0 atom stereocenters. The normalized spacial score (nSPS) is 15.0. The summed E-state index contributed by atoms with van der Waals surface area (Å²) in [6.45, 7) is 6.12. The topological polar surface area (TPSA) is 16.4 Å². The molecule has 0 aliphatic carbocycles. The number of fused-ring (bicyclic) bond motifs is 4. The molecule has 35 heavy (non-hydrogen) atoms. The Labute approximate surface area is 216 Å². The fourth-order valence-electron chi connectivity index (χ4n) is 4.54. The van der Waals surface area contributed by atoms with Crippen LogP contribution in [0.5, 0.6) is 5.75 Å². The molecule has 0 N–H and O–H groups in total. The first-order chi connectivity index (χ1) is 17.1. The van der Waals surface area contributed by atoms with Crippen LogP contribution >= 0.6 is 23.4 Å². The lowest BCUT2D eigenvalue weighted by Gasteiger charge is -2.17. The predicted octanol–water partition coefficient (Wildman–Crippen LogP) is 7.92. The standard InChI is InChI=1S/C30H28ClN2OS/c1-4-32-19-18-22(25-15-14-24(34-3)20-28(25)32)10-12-23(31)13-17-29-33(5-2)27-16-11-21-8-6-7-9-26(21)30(27)35-29/h6-20H,4-5H2,1-3H3/q+1. The lowest BCUT2D eigenvalue weighted by atomic mass is 10.1. The predicted molar refractivity (Wildman–Crippen MR) is 150 cm³/mol. The van der Waals surface area contributed by atoms with Gasteiger partial charge in [-0.3, -0.25) is 0 Å². The molecule has 2 heterocycles. The van der Waals surface area contributed by atoms with Crippen LogP contribution in [-0.2, 0) is 6.54 Å². The molecule has 3 nitrogen and oxygen atoms in total. The zero-order valence-corrected chi connectivity index (χ0v) is 21.7. The lowest BCUT2D eigenvalue weighted by Crippen LogP contribution is -2.32. The van der Waals surface area contributed by atoms with Crippen LogP contribution in [0.1, 0.15) is 19.4 Å². The van der Waals surface area contributed by atoms with E-state index in [1.54, 1.807) is 7.11 Å². The summed E-state index contributed by atoms with van der Waals surface area (Å²) in [5, 5.41) is 5.60. The van der Waals surface area contributed by atoms with Crippen LogP contribution in [0.15, 0.2) is 100 Å². The number of nitrogens with zero attached hydrogens (tertiary/aromatic N) is 2. The monoisotopic (exact) mass is 499 g/mol. The van der Waals surface area contributed by atoms with Crippen LogP contribution in [0.3, 0.4) is 0 Å². The van der Waals surface area contributed by atoms with Gasteiger partial charge in [0.15, 0.2) is 6.20 Å². The van der Waals surface area contributed by atoms with Crippen molar-refractivity contribution in [2.45, 2.75) is 25.3 Å². The van der Waals surface area contributed by atoms with Crippen molar-refractivity contribution in [1.82, 2.24) is 0 Å². The second-order valence-corrected chi connectivity index (χ2v) is 9.78. The van der Waals surface area contributed by atoms with Crippen molar-refractivity contribution in [3.63, 3.8) is 0 Å². The summed E-state index contributed by atoms with van der Waals surface area (Å²) in [7, 11) is 1.70. The van der Waals surface area contributed by atoms with Crippen molar-refractivity contribution >= 4 is 56.8 Å². The van der Waals surface area contributed by atoms with Gasteiger partial charge in [-0.05, 0) is 66.6 Å². The molecule has 176 valence electrons. The van der Waals surface area contributed by atoms with Crippen LogP contribution in [0.2, 0.25) is 0 Å². The Bertz CT molecular complexity index is 1510. The highest BCUT2D eigenvalue weighted by Gasteiger charge is 2.25. The number of ether oxygens (including phenoxy) is 1. The van der Waals surface area contributed by atoms with Gasteiger partial charge >= 0.3 is 0 Å². The van der Waals surface area contributed by atoms with Gasteiger partial charge in [-0.25, -0.2) is 0 Å². The van der Waals surface area contributed by atoms with Crippen molar-refractivity contribution < 1.29 is 9.30 Å². The molecular weight excluding hydrogens is 472 g/mol. The van der Waals surface area contributed by atoms with Gasteiger partial charge in [-0.2, -0.15) is 4.57 Å². The van der Waals surface area contributed by atoms with Gasteiger partial charge in [0.25, 0.3) is 0 Å². The van der Waals surface area contributed by atoms with Crippen molar-refractivity contribution in [2.75, 3.05) is 18.6 Å². The smallest absolute Gasteiger partial charge is 0.216 e. The average Bonchev–Trinajstić information content (AvgIpc) is 3.28. The summed E-state index contributed by atoms with van der Waals surface area (Å²) in [6.07, 6.45) is 10.3. The highest BCUT2D eigenvalue weighted by Crippen LogP contribution is 2.49. The molecule has 0 bridgehead atoms. The number of allylic oxidation sites excluding steroid dienone is 4. The third-order valence-corrected chi connectivity index (χ3v) is 7.80. The highest BCUT2D eigenvalue weighted by molar-refractivity contribution is 8.04. The first-order valence-electron chi connectivity index (χ1n) is 11.9. The molecule has 0 radical (unpaired) electrons. The second kappa shape index (κ2) is 10.2. The molecule has 4 aromatic rings. The second-order valence-electron chi connectivity index (χ2n) is 8.31. The Balaban J connectivity index is 1.43. The summed E-state index contributed by atoms with van der Waals surface area (Å²) in [5.74, 6) is 0.855. The van der Waals surface area contributed by atoms with Crippen molar-refractivity contribution in [3.05, 3.63) is 101 Å². The summed E-state index contributed by atoms with van der Waals surface area (Å²) in [5.41, 5.74) is 3.52. The lowest BCUT2D eigenvalue weighted by molar-refractivity contribution is -0.667. The molecule has 0 fully saturated rings. The van der Waals surface area contributed by atoms with Crippen LogP contribution in [0.25, 0.3) is 27.8 Å². The maximum absolute atomic E-state index is 6.64. The fraction of sp³-hybridized carbons (Fsp3) is 0.167. The molecule has 0 spiro atoms. The number of benzene rings is 3. The summed E-state index contributed by atoms with van der Waals surface area (Å²) in [4.78, 5) is 3.66. The van der Waals surface area contributed by atoms with Crippen molar-refractivity contribution in [3.8, 4) is 5.75 Å². The van der Waals surface area contributed by atoms with Gasteiger partial charge < -0.3 is 9.64 Å². The Morgan fingerprint density at radius 2 is 1.91 bits per heavy atom. The van der Waals surface area contributed by atoms with E-state index in [9.17, 15) is 0 Å². The molecule has 3 aromatic carbocycles. The molecule has 1 aromatic heterocycles. The van der Waals surface area contributed by atoms with Crippen molar-refractivity contribution in [2.24, 2.45) is 0 Å². The molecule has 0 amide bonds. The SMILES string of the molecule is CCN1/C(=C/C=C(Cl)/C=C/c2cc[n+](CC)c3cc(OC)ccc23)Sc2c1ccc1ccccc21. The molecule has 0 unspecified atom stereocenters.